The summed E-state index contributed by atoms with van der Waals surface area (Å²) >= 11 is 0. The van der Waals surface area contributed by atoms with Crippen molar-refractivity contribution in [1.29, 1.82) is 0 Å². The molecule has 0 aliphatic heterocycles. The highest BCUT2D eigenvalue weighted by molar-refractivity contribution is 5.94. The normalized spacial score (nSPS) is 11.0. The van der Waals surface area contributed by atoms with Crippen LogP contribution in [-0.2, 0) is 0 Å². The molecular weight excluding hydrogens is 284 g/mol. The van der Waals surface area contributed by atoms with Crippen LogP contribution in [0.15, 0.2) is 54.6 Å². The summed E-state index contributed by atoms with van der Waals surface area (Å²) in [5, 5.41) is 3.76. The van der Waals surface area contributed by atoms with Gasteiger partial charge in [0.1, 0.15) is 0 Å². The van der Waals surface area contributed by atoms with Crippen LogP contribution in [0.25, 0.3) is 23.1 Å². The van der Waals surface area contributed by atoms with Crippen molar-refractivity contribution in [3.8, 4) is 0 Å². The highest BCUT2D eigenvalue weighted by Gasteiger charge is 2.01. The number of aromatic nitrogens is 1. The molecule has 0 bridgehead atoms. The summed E-state index contributed by atoms with van der Waals surface area (Å²) in [4.78, 5) is 16.2. The molecule has 1 heterocycles. The molecule has 0 unspecified atom stereocenters. The predicted octanol–water partition coefficient (Wildman–Crippen LogP) is 4.07. The van der Waals surface area contributed by atoms with Crippen molar-refractivity contribution in [3.63, 3.8) is 0 Å². The quantitative estimate of drug-likeness (QED) is 0.792. The third-order valence-electron chi connectivity index (χ3n) is 3.71. The average Bonchev–Trinajstić information content (AvgIpc) is 2.59. The van der Waals surface area contributed by atoms with Crippen molar-refractivity contribution < 1.29 is 4.79 Å². The lowest BCUT2D eigenvalue weighted by Crippen LogP contribution is -2.17. The first-order valence-corrected chi connectivity index (χ1v) is 7.53. The number of aryl methyl sites for hydroxylation is 1. The number of hydrogen-bond donors (Lipinski definition) is 1. The second-order valence-corrected chi connectivity index (χ2v) is 5.47. The smallest absolute Gasteiger partial charge is 0.251 e. The molecule has 0 aliphatic rings. The van der Waals surface area contributed by atoms with E-state index in [2.05, 4.69) is 35.4 Å². The van der Waals surface area contributed by atoms with E-state index in [0.717, 1.165) is 22.2 Å². The average molecular weight is 302 g/mol. The molecular formula is C20H18N2O. The number of fused-ring (bicyclic) bond motifs is 1. The minimum absolute atomic E-state index is 0.0768. The van der Waals surface area contributed by atoms with E-state index < -0.39 is 0 Å². The van der Waals surface area contributed by atoms with Crippen LogP contribution in [0.4, 0.5) is 0 Å². The minimum Gasteiger partial charge on any atom is -0.355 e. The van der Waals surface area contributed by atoms with Gasteiger partial charge in [-0.15, -0.1) is 0 Å². The fourth-order valence-electron chi connectivity index (χ4n) is 2.43. The molecule has 23 heavy (non-hydrogen) atoms. The monoisotopic (exact) mass is 302 g/mol. The molecule has 0 atom stereocenters. The van der Waals surface area contributed by atoms with Crippen molar-refractivity contribution in [2.45, 2.75) is 6.92 Å². The molecule has 3 heteroatoms. The van der Waals surface area contributed by atoms with E-state index in [1.807, 2.05) is 48.6 Å². The second kappa shape index (κ2) is 6.44. The summed E-state index contributed by atoms with van der Waals surface area (Å²) < 4.78 is 0. The van der Waals surface area contributed by atoms with Crippen molar-refractivity contribution in [1.82, 2.24) is 10.3 Å². The number of carbonyl (C=O) groups is 1. The van der Waals surface area contributed by atoms with Gasteiger partial charge in [0.2, 0.25) is 0 Å². The lowest BCUT2D eigenvalue weighted by Gasteiger charge is -2.01. The van der Waals surface area contributed by atoms with Crippen LogP contribution in [0.3, 0.4) is 0 Å². The summed E-state index contributed by atoms with van der Waals surface area (Å²) in [5.41, 5.74) is 4.83. The number of hydrogen-bond acceptors (Lipinski definition) is 2. The Balaban J connectivity index is 1.82. The Morgan fingerprint density at radius 2 is 1.78 bits per heavy atom. The Hall–Kier alpha value is -2.94. The molecule has 2 aromatic carbocycles. The predicted molar refractivity (Wildman–Crippen MR) is 95.2 cm³/mol. The third-order valence-corrected chi connectivity index (χ3v) is 3.71. The van der Waals surface area contributed by atoms with E-state index in [4.69, 9.17) is 0 Å². The van der Waals surface area contributed by atoms with E-state index in [0.29, 0.717) is 5.56 Å². The van der Waals surface area contributed by atoms with Gasteiger partial charge in [0.15, 0.2) is 0 Å². The first-order chi connectivity index (χ1) is 11.2. The standard InChI is InChI=1S/C20H18N2O/c1-14-3-12-19-17(13-14)9-11-18(22-19)10-6-15-4-7-16(8-5-15)20(23)21-2/h3-13H,1-2H3,(H,21,23)/b10-6+. The summed E-state index contributed by atoms with van der Waals surface area (Å²) in [6, 6.07) is 17.8. The topological polar surface area (TPSA) is 42.0 Å². The molecule has 1 amide bonds. The van der Waals surface area contributed by atoms with Gasteiger partial charge in [-0.05, 0) is 48.9 Å². The number of amides is 1. The number of nitrogens with zero attached hydrogens (tertiary/aromatic N) is 1. The van der Waals surface area contributed by atoms with Crippen LogP contribution in [0.1, 0.15) is 27.2 Å². The lowest BCUT2D eigenvalue weighted by atomic mass is 10.1. The van der Waals surface area contributed by atoms with Crippen LogP contribution in [0.5, 0.6) is 0 Å². The molecule has 3 aromatic rings. The largest absolute Gasteiger partial charge is 0.355 e. The highest BCUT2D eigenvalue weighted by Crippen LogP contribution is 2.16. The van der Waals surface area contributed by atoms with Crippen molar-refractivity contribution in [2.24, 2.45) is 0 Å². The molecule has 0 aliphatic carbocycles. The van der Waals surface area contributed by atoms with Crippen molar-refractivity contribution in [3.05, 3.63) is 77.0 Å². The Morgan fingerprint density at radius 1 is 1.00 bits per heavy atom. The second-order valence-electron chi connectivity index (χ2n) is 5.47. The maximum absolute atomic E-state index is 11.5. The van der Waals surface area contributed by atoms with Gasteiger partial charge in [-0.2, -0.15) is 0 Å². The molecule has 0 spiro atoms. The van der Waals surface area contributed by atoms with Gasteiger partial charge in [0.05, 0.1) is 11.2 Å². The summed E-state index contributed by atoms with van der Waals surface area (Å²) in [6.07, 6.45) is 3.98. The molecule has 114 valence electrons. The van der Waals surface area contributed by atoms with E-state index >= 15 is 0 Å². The van der Waals surface area contributed by atoms with Crippen LogP contribution in [0.2, 0.25) is 0 Å². The lowest BCUT2D eigenvalue weighted by molar-refractivity contribution is 0.0963. The Labute approximate surface area is 135 Å². The zero-order valence-corrected chi connectivity index (χ0v) is 13.2. The minimum atomic E-state index is -0.0768. The molecule has 0 fully saturated rings. The molecule has 1 N–H and O–H groups in total. The van der Waals surface area contributed by atoms with Gasteiger partial charge in [-0.1, -0.05) is 35.9 Å². The Morgan fingerprint density at radius 3 is 2.52 bits per heavy atom. The zero-order chi connectivity index (χ0) is 16.2. The molecule has 0 radical (unpaired) electrons. The SMILES string of the molecule is CNC(=O)c1ccc(/C=C/c2ccc3cc(C)ccc3n2)cc1. The number of pyridine rings is 1. The Bertz CT molecular complexity index is 880. The summed E-state index contributed by atoms with van der Waals surface area (Å²) in [6.45, 7) is 2.08. The molecule has 3 nitrogen and oxygen atoms in total. The third kappa shape index (κ3) is 3.46. The van der Waals surface area contributed by atoms with Gasteiger partial charge < -0.3 is 5.32 Å². The molecule has 0 saturated heterocycles. The van der Waals surface area contributed by atoms with Gasteiger partial charge in [-0.3, -0.25) is 4.79 Å². The summed E-state index contributed by atoms with van der Waals surface area (Å²) in [7, 11) is 1.63. The van der Waals surface area contributed by atoms with Crippen LogP contribution in [-0.4, -0.2) is 17.9 Å². The molecule has 3 rings (SSSR count). The van der Waals surface area contributed by atoms with Gasteiger partial charge in [0, 0.05) is 18.0 Å². The zero-order valence-electron chi connectivity index (χ0n) is 13.2. The van der Waals surface area contributed by atoms with Gasteiger partial charge >= 0.3 is 0 Å². The van der Waals surface area contributed by atoms with Gasteiger partial charge in [-0.25, -0.2) is 4.98 Å². The number of benzene rings is 2. The fraction of sp³-hybridized carbons (Fsp3) is 0.100. The van der Waals surface area contributed by atoms with Gasteiger partial charge in [0.25, 0.3) is 5.91 Å². The first-order valence-electron chi connectivity index (χ1n) is 7.53. The molecule has 1 aromatic heterocycles. The van der Waals surface area contributed by atoms with Crippen LogP contribution < -0.4 is 5.32 Å². The van der Waals surface area contributed by atoms with E-state index in [9.17, 15) is 4.79 Å². The maximum Gasteiger partial charge on any atom is 0.251 e. The Kier molecular flexibility index (Phi) is 4.20. The highest BCUT2D eigenvalue weighted by atomic mass is 16.1. The number of carbonyl (C=O) groups excluding carboxylic acids is 1. The number of nitrogens with one attached hydrogen (secondary N) is 1. The number of rotatable bonds is 3. The van der Waals surface area contributed by atoms with E-state index in [-0.39, 0.29) is 5.91 Å². The summed E-state index contributed by atoms with van der Waals surface area (Å²) in [5.74, 6) is -0.0768. The first kappa shape index (κ1) is 15.0. The van der Waals surface area contributed by atoms with Crippen LogP contribution >= 0.6 is 0 Å². The van der Waals surface area contributed by atoms with Crippen molar-refractivity contribution in [2.75, 3.05) is 7.05 Å². The van der Waals surface area contributed by atoms with Crippen molar-refractivity contribution >= 4 is 29.0 Å². The fourth-order valence-corrected chi connectivity index (χ4v) is 2.43. The van der Waals surface area contributed by atoms with E-state index in [1.54, 1.807) is 7.05 Å². The van der Waals surface area contributed by atoms with E-state index in [1.165, 1.54) is 5.56 Å². The van der Waals surface area contributed by atoms with Crippen LogP contribution in [0, 0.1) is 6.92 Å². The molecule has 0 saturated carbocycles. The maximum atomic E-state index is 11.5.